The second kappa shape index (κ2) is 7.80. The average molecular weight is 425 g/mol. The summed E-state index contributed by atoms with van der Waals surface area (Å²) in [6.45, 7) is 6.55. The van der Waals surface area contributed by atoms with Gasteiger partial charge in [0.2, 0.25) is 0 Å². The Morgan fingerprint density at radius 1 is 1.10 bits per heavy atom. The minimum atomic E-state index is -0.275. The van der Waals surface area contributed by atoms with E-state index < -0.39 is 0 Å². The van der Waals surface area contributed by atoms with Crippen molar-refractivity contribution in [1.29, 1.82) is 0 Å². The molecule has 1 unspecified atom stereocenters. The van der Waals surface area contributed by atoms with Crippen molar-refractivity contribution in [3.8, 4) is 0 Å². The largest absolute Gasteiger partial charge is 0.393 e. The number of fused-ring (bicyclic) bond motifs is 5. The highest BCUT2D eigenvalue weighted by atomic mass is 35.5. The van der Waals surface area contributed by atoms with Gasteiger partial charge in [-0.2, -0.15) is 0 Å². The Hall–Kier alpha value is -0.650. The zero-order valence-corrected chi connectivity index (χ0v) is 18.7. The molecule has 8 atom stereocenters. The first-order valence-electron chi connectivity index (χ1n) is 11.6. The molecule has 4 aliphatic carbocycles. The van der Waals surface area contributed by atoms with Crippen molar-refractivity contribution in [2.24, 2.45) is 39.7 Å². The monoisotopic (exact) mass is 424 g/mol. The Kier molecular flexibility index (Phi) is 5.80. The first-order chi connectivity index (χ1) is 13.4. The van der Waals surface area contributed by atoms with Gasteiger partial charge >= 0.3 is 0 Å². The molecule has 29 heavy (non-hydrogen) atoms. The minimum Gasteiger partial charge on any atom is -0.393 e. The number of Topliss-reactive ketones (excluding diaryl/α,β-unsaturated/α-hetero) is 1. The van der Waals surface area contributed by atoms with Gasteiger partial charge in [-0.05, 0) is 80.6 Å². The van der Waals surface area contributed by atoms with Gasteiger partial charge in [-0.3, -0.25) is 4.79 Å². The molecule has 5 rings (SSSR count). The van der Waals surface area contributed by atoms with Crippen molar-refractivity contribution in [3.63, 3.8) is 0 Å². The molecular formula is C23H37ClN2O3. The molecule has 4 saturated carbocycles. The molecule has 5 aliphatic rings. The summed E-state index contributed by atoms with van der Waals surface area (Å²) in [5.41, 5.74) is 1.20. The fraction of sp³-hybridized carbons (Fsp3) is 0.913. The number of aliphatic hydroxyl groups is 1. The number of nitrogens with one attached hydrogen (secondary N) is 1. The maximum absolute atomic E-state index is 12.6. The van der Waals surface area contributed by atoms with Crippen LogP contribution in [-0.4, -0.2) is 41.9 Å². The zero-order valence-electron chi connectivity index (χ0n) is 17.9. The Morgan fingerprint density at radius 2 is 1.93 bits per heavy atom. The number of carbonyl (C=O) groups excluding carboxylic acids is 1. The number of ketones is 1. The molecule has 1 saturated heterocycles. The van der Waals surface area contributed by atoms with Crippen molar-refractivity contribution in [1.82, 2.24) is 5.32 Å². The van der Waals surface area contributed by atoms with Gasteiger partial charge in [0.25, 0.3) is 0 Å². The number of aliphatic hydroxyl groups excluding tert-OH is 1. The van der Waals surface area contributed by atoms with Crippen molar-refractivity contribution < 1.29 is 14.7 Å². The smallest absolute Gasteiger partial charge is 0.141 e. The predicted octanol–water partition coefficient (Wildman–Crippen LogP) is 3.73. The molecule has 5 nitrogen and oxygen atoms in total. The van der Waals surface area contributed by atoms with Crippen LogP contribution in [0.2, 0.25) is 0 Å². The second-order valence-corrected chi connectivity index (χ2v) is 10.8. The van der Waals surface area contributed by atoms with Crippen LogP contribution < -0.4 is 5.32 Å². The summed E-state index contributed by atoms with van der Waals surface area (Å²) >= 11 is 0. The molecule has 1 heterocycles. The van der Waals surface area contributed by atoms with Gasteiger partial charge in [0.05, 0.1) is 11.8 Å². The van der Waals surface area contributed by atoms with Crippen molar-refractivity contribution in [2.75, 3.05) is 13.1 Å². The summed E-state index contributed by atoms with van der Waals surface area (Å²) in [7, 11) is 0. The van der Waals surface area contributed by atoms with E-state index in [1.165, 1.54) is 0 Å². The van der Waals surface area contributed by atoms with E-state index in [1.807, 2.05) is 0 Å². The number of rotatable bonds is 2. The maximum atomic E-state index is 12.6. The number of halogens is 1. The van der Waals surface area contributed by atoms with Crippen LogP contribution in [-0.2, 0) is 9.63 Å². The quantitative estimate of drug-likeness (QED) is 0.662. The van der Waals surface area contributed by atoms with E-state index >= 15 is 0 Å². The molecule has 0 amide bonds. The zero-order chi connectivity index (χ0) is 19.5. The number of hydrogen-bond acceptors (Lipinski definition) is 5. The molecule has 0 aromatic carbocycles. The van der Waals surface area contributed by atoms with Gasteiger partial charge in [0, 0.05) is 24.8 Å². The summed E-state index contributed by atoms with van der Waals surface area (Å²) in [6, 6.07) is 0. The van der Waals surface area contributed by atoms with Crippen LogP contribution in [0.4, 0.5) is 0 Å². The highest BCUT2D eigenvalue weighted by Crippen LogP contribution is 2.65. The molecule has 0 spiro atoms. The lowest BCUT2D eigenvalue weighted by atomic mass is 9.44. The van der Waals surface area contributed by atoms with Gasteiger partial charge in [0.15, 0.2) is 0 Å². The van der Waals surface area contributed by atoms with E-state index in [0.717, 1.165) is 76.6 Å². The highest BCUT2D eigenvalue weighted by molar-refractivity contribution is 5.87. The maximum Gasteiger partial charge on any atom is 0.141 e. The van der Waals surface area contributed by atoms with Crippen LogP contribution in [0.25, 0.3) is 0 Å². The lowest BCUT2D eigenvalue weighted by molar-refractivity contribution is -0.153. The molecule has 0 aromatic rings. The highest BCUT2D eigenvalue weighted by Gasteiger charge is 2.61. The molecular weight excluding hydrogens is 388 g/mol. The number of hydrogen-bond donors (Lipinski definition) is 2. The normalized spacial score (nSPS) is 50.4. The van der Waals surface area contributed by atoms with E-state index in [-0.39, 0.29) is 41.4 Å². The standard InChI is InChI=1S/C23H36N2O3.ClH/c1-22-8-5-14(25-28-15-7-10-24-13-15)11-19(22)20(26)12-16-17-3-4-21(27)23(17,2)9-6-18(16)22;/h15-20,24,26H,3-13H2,1-2H3;1H/t15-,16+,17+,18+,19?,20+,22-,23+;/m1./s1. The van der Waals surface area contributed by atoms with E-state index in [4.69, 9.17) is 4.84 Å². The van der Waals surface area contributed by atoms with Crippen LogP contribution in [0, 0.1) is 34.5 Å². The molecule has 0 aromatic heterocycles. The summed E-state index contributed by atoms with van der Waals surface area (Å²) in [5, 5.41) is 19.0. The van der Waals surface area contributed by atoms with Gasteiger partial charge in [-0.1, -0.05) is 19.0 Å². The fourth-order valence-corrected chi connectivity index (χ4v) is 7.82. The molecule has 0 bridgehead atoms. The lowest BCUT2D eigenvalue weighted by Crippen LogP contribution is -2.57. The first-order valence-corrected chi connectivity index (χ1v) is 11.6. The van der Waals surface area contributed by atoms with Gasteiger partial charge in [-0.25, -0.2) is 0 Å². The van der Waals surface area contributed by atoms with E-state index in [9.17, 15) is 9.90 Å². The molecule has 0 radical (unpaired) electrons. The third-order valence-corrected chi connectivity index (χ3v) is 9.57. The van der Waals surface area contributed by atoms with Crippen LogP contribution in [0.5, 0.6) is 0 Å². The summed E-state index contributed by atoms with van der Waals surface area (Å²) in [4.78, 5) is 18.4. The Morgan fingerprint density at radius 3 is 2.69 bits per heavy atom. The van der Waals surface area contributed by atoms with Crippen molar-refractivity contribution >= 4 is 23.9 Å². The summed E-state index contributed by atoms with van der Waals surface area (Å²) in [6.07, 6.45) is 8.80. The minimum absolute atomic E-state index is 0. The van der Waals surface area contributed by atoms with Gasteiger partial charge < -0.3 is 15.3 Å². The number of oxime groups is 1. The molecule has 1 aliphatic heterocycles. The molecule has 164 valence electrons. The van der Waals surface area contributed by atoms with Crippen LogP contribution in [0.3, 0.4) is 0 Å². The van der Waals surface area contributed by atoms with Crippen LogP contribution >= 0.6 is 12.4 Å². The van der Waals surface area contributed by atoms with Crippen molar-refractivity contribution in [2.45, 2.75) is 83.8 Å². The Balaban J connectivity index is 0.00000205. The summed E-state index contributed by atoms with van der Waals surface area (Å²) < 4.78 is 0. The number of nitrogens with zero attached hydrogens (tertiary/aromatic N) is 1. The van der Waals surface area contributed by atoms with Gasteiger partial charge in [0.1, 0.15) is 11.9 Å². The molecule has 6 heteroatoms. The second-order valence-electron chi connectivity index (χ2n) is 10.8. The van der Waals surface area contributed by atoms with Gasteiger partial charge in [-0.15, -0.1) is 12.4 Å². The third kappa shape index (κ3) is 3.36. The average Bonchev–Trinajstić information content (AvgIpc) is 3.29. The molecule has 2 N–H and O–H groups in total. The molecule has 5 fully saturated rings. The topological polar surface area (TPSA) is 70.9 Å². The lowest BCUT2D eigenvalue weighted by Gasteiger charge is -2.60. The first kappa shape index (κ1) is 21.6. The predicted molar refractivity (Wildman–Crippen MR) is 115 cm³/mol. The van der Waals surface area contributed by atoms with E-state index in [2.05, 4.69) is 24.3 Å². The van der Waals surface area contributed by atoms with E-state index in [1.54, 1.807) is 0 Å². The number of carbonyl (C=O) groups is 1. The Labute approximate surface area is 180 Å². The SMILES string of the molecule is C[C@]12CCC(=NO[C@@H]3CCNC3)CC1[C@@H](O)C[C@@H]1[C@@H]2CC[C@]2(C)C(=O)CC[C@@H]12.Cl. The fourth-order valence-electron chi connectivity index (χ4n) is 7.82. The third-order valence-electron chi connectivity index (χ3n) is 9.57. The van der Waals surface area contributed by atoms with Crippen LogP contribution in [0.15, 0.2) is 5.16 Å². The summed E-state index contributed by atoms with van der Waals surface area (Å²) in [5.74, 6) is 2.41. The van der Waals surface area contributed by atoms with Crippen LogP contribution in [0.1, 0.15) is 71.6 Å². The Bertz CT molecular complexity index is 679. The van der Waals surface area contributed by atoms with Crippen molar-refractivity contribution in [3.05, 3.63) is 0 Å². The van der Waals surface area contributed by atoms with E-state index in [0.29, 0.717) is 23.5 Å².